The van der Waals surface area contributed by atoms with Gasteiger partial charge in [0.25, 0.3) is 0 Å². The molecule has 2 heterocycles. The van der Waals surface area contributed by atoms with Crippen LogP contribution in [0.4, 0.5) is 5.69 Å². The fourth-order valence-corrected chi connectivity index (χ4v) is 4.81. The molecule has 1 aromatic rings. The van der Waals surface area contributed by atoms with Crippen LogP contribution in [0, 0.1) is 17.3 Å². The van der Waals surface area contributed by atoms with Crippen LogP contribution in [0.1, 0.15) is 40.0 Å². The summed E-state index contributed by atoms with van der Waals surface area (Å²) in [7, 11) is 3.59. The minimum Gasteiger partial charge on any atom is -0.495 e. The molecule has 31 heavy (non-hydrogen) atoms. The van der Waals surface area contributed by atoms with E-state index in [1.807, 2.05) is 19.2 Å². The Morgan fingerprint density at radius 3 is 2.65 bits per heavy atom. The summed E-state index contributed by atoms with van der Waals surface area (Å²) in [5.74, 6) is 2.95. The molecule has 0 aromatic heterocycles. The first-order valence-electron chi connectivity index (χ1n) is 11.4. The van der Waals surface area contributed by atoms with Crippen molar-refractivity contribution in [3.05, 3.63) is 24.3 Å². The molecule has 176 valence electrons. The molecule has 7 heteroatoms. The fourth-order valence-electron chi connectivity index (χ4n) is 4.81. The second-order valence-electron chi connectivity index (χ2n) is 9.67. The summed E-state index contributed by atoms with van der Waals surface area (Å²) in [6, 6.07) is 8.28. The van der Waals surface area contributed by atoms with Crippen molar-refractivity contribution in [2.45, 2.75) is 46.1 Å². The van der Waals surface area contributed by atoms with E-state index in [4.69, 9.17) is 9.47 Å². The average molecular weight is 545 g/mol. The Morgan fingerprint density at radius 1 is 1.19 bits per heavy atom. The van der Waals surface area contributed by atoms with Crippen molar-refractivity contribution >= 4 is 35.6 Å². The predicted molar refractivity (Wildman–Crippen MR) is 140 cm³/mol. The van der Waals surface area contributed by atoms with Crippen LogP contribution in [0.2, 0.25) is 0 Å². The maximum absolute atomic E-state index is 6.12. The van der Waals surface area contributed by atoms with Gasteiger partial charge in [-0.05, 0) is 42.7 Å². The number of nitrogens with one attached hydrogen (secondary N) is 2. The van der Waals surface area contributed by atoms with E-state index >= 15 is 0 Å². The van der Waals surface area contributed by atoms with Gasteiger partial charge in [0.2, 0.25) is 0 Å². The minimum absolute atomic E-state index is 0. The number of hydrogen-bond acceptors (Lipinski definition) is 4. The molecule has 6 nitrogen and oxygen atoms in total. The number of guanidine groups is 1. The maximum Gasteiger partial charge on any atom is 0.190 e. The number of aliphatic imine (C=N–C) groups is 1. The number of methoxy groups -OCH3 is 1. The monoisotopic (exact) mass is 544 g/mol. The van der Waals surface area contributed by atoms with Crippen molar-refractivity contribution < 1.29 is 9.47 Å². The molecule has 2 fully saturated rings. The van der Waals surface area contributed by atoms with Crippen LogP contribution < -0.4 is 20.3 Å². The van der Waals surface area contributed by atoms with Gasteiger partial charge in [-0.25, -0.2) is 0 Å². The van der Waals surface area contributed by atoms with Crippen LogP contribution in [-0.4, -0.2) is 59.0 Å². The molecule has 0 bridgehead atoms. The summed E-state index contributed by atoms with van der Waals surface area (Å²) in [5.41, 5.74) is 1.35. The van der Waals surface area contributed by atoms with Crippen molar-refractivity contribution in [2.75, 3.05) is 51.8 Å². The third kappa shape index (κ3) is 7.14. The summed E-state index contributed by atoms with van der Waals surface area (Å²) in [6.07, 6.45) is 3.82. The zero-order valence-electron chi connectivity index (χ0n) is 19.8. The van der Waals surface area contributed by atoms with Crippen LogP contribution >= 0.6 is 24.0 Å². The van der Waals surface area contributed by atoms with Gasteiger partial charge >= 0.3 is 0 Å². The summed E-state index contributed by atoms with van der Waals surface area (Å²) in [6.45, 7) is 11.6. The fraction of sp³-hybridized carbons (Fsp3) is 0.708. The lowest BCUT2D eigenvalue weighted by Gasteiger charge is -2.40. The second-order valence-corrected chi connectivity index (χ2v) is 9.67. The van der Waals surface area contributed by atoms with E-state index in [0.29, 0.717) is 17.9 Å². The summed E-state index contributed by atoms with van der Waals surface area (Å²) >= 11 is 0. The topological polar surface area (TPSA) is 58.1 Å². The Morgan fingerprint density at radius 2 is 1.94 bits per heavy atom. The van der Waals surface area contributed by atoms with E-state index < -0.39 is 0 Å². The molecule has 0 saturated carbocycles. The standard InChI is InChI=1S/C24H40N4O2.HI/c1-24(2,3)22-19(9-8-14-30-22)16-27-23(25-4)26-15-18-12-13-28(17-18)20-10-6-7-11-21(20)29-5;/h6-7,10-11,18-19,22H,8-9,12-17H2,1-5H3,(H2,25,26,27);1H. The van der Waals surface area contributed by atoms with Gasteiger partial charge in [-0.1, -0.05) is 32.9 Å². The first-order valence-corrected chi connectivity index (χ1v) is 11.4. The first-order chi connectivity index (χ1) is 14.4. The number of benzene rings is 1. The largest absolute Gasteiger partial charge is 0.495 e. The summed E-state index contributed by atoms with van der Waals surface area (Å²) < 4.78 is 11.7. The Bertz CT molecular complexity index is 707. The number of para-hydroxylation sites is 2. The van der Waals surface area contributed by atoms with Gasteiger partial charge in [-0.15, -0.1) is 24.0 Å². The van der Waals surface area contributed by atoms with Crippen molar-refractivity contribution in [3.8, 4) is 5.75 Å². The van der Waals surface area contributed by atoms with E-state index in [1.54, 1.807) is 7.11 Å². The van der Waals surface area contributed by atoms with Gasteiger partial charge in [-0.2, -0.15) is 0 Å². The third-order valence-corrected chi connectivity index (χ3v) is 6.32. The first kappa shape index (κ1) is 26.0. The number of anilines is 1. The number of ether oxygens (including phenoxy) is 2. The van der Waals surface area contributed by atoms with E-state index in [0.717, 1.165) is 50.9 Å². The lowest BCUT2D eigenvalue weighted by molar-refractivity contribution is -0.0835. The van der Waals surface area contributed by atoms with Gasteiger partial charge in [0.1, 0.15) is 5.75 Å². The Labute approximate surface area is 205 Å². The Kier molecular flexibility index (Phi) is 10.2. The number of halogens is 1. The highest BCUT2D eigenvalue weighted by Crippen LogP contribution is 2.34. The molecule has 0 spiro atoms. The molecule has 2 N–H and O–H groups in total. The van der Waals surface area contributed by atoms with E-state index in [2.05, 4.69) is 53.4 Å². The minimum atomic E-state index is 0. The Hall–Kier alpha value is -1.22. The van der Waals surface area contributed by atoms with E-state index in [-0.39, 0.29) is 29.4 Å². The van der Waals surface area contributed by atoms with Crippen LogP contribution in [0.5, 0.6) is 5.75 Å². The van der Waals surface area contributed by atoms with E-state index in [9.17, 15) is 0 Å². The molecule has 2 saturated heterocycles. The van der Waals surface area contributed by atoms with Gasteiger partial charge in [0.15, 0.2) is 5.96 Å². The summed E-state index contributed by atoms with van der Waals surface area (Å²) in [5, 5.41) is 7.10. The maximum atomic E-state index is 6.12. The molecule has 2 aliphatic heterocycles. The number of hydrogen-bond donors (Lipinski definition) is 2. The van der Waals surface area contributed by atoms with Gasteiger partial charge in [0.05, 0.1) is 18.9 Å². The predicted octanol–water partition coefficient (Wildman–Crippen LogP) is 4.15. The van der Waals surface area contributed by atoms with Crippen LogP contribution in [0.3, 0.4) is 0 Å². The van der Waals surface area contributed by atoms with Crippen molar-refractivity contribution in [1.82, 2.24) is 10.6 Å². The summed E-state index contributed by atoms with van der Waals surface area (Å²) in [4.78, 5) is 6.87. The normalized spacial score (nSPS) is 24.5. The van der Waals surface area contributed by atoms with Crippen molar-refractivity contribution in [2.24, 2.45) is 22.2 Å². The van der Waals surface area contributed by atoms with Crippen LogP contribution in [-0.2, 0) is 4.74 Å². The van der Waals surface area contributed by atoms with Crippen LogP contribution in [0.15, 0.2) is 29.3 Å². The highest BCUT2D eigenvalue weighted by atomic mass is 127. The van der Waals surface area contributed by atoms with Crippen molar-refractivity contribution in [3.63, 3.8) is 0 Å². The molecule has 3 atom stereocenters. The number of rotatable bonds is 6. The molecular formula is C24H41IN4O2. The smallest absolute Gasteiger partial charge is 0.190 e. The molecule has 2 aliphatic rings. The molecule has 3 rings (SSSR count). The Balaban J connectivity index is 0.00000341. The van der Waals surface area contributed by atoms with Gasteiger partial charge in [0, 0.05) is 45.8 Å². The highest BCUT2D eigenvalue weighted by molar-refractivity contribution is 14.0. The zero-order valence-corrected chi connectivity index (χ0v) is 22.1. The molecule has 1 aromatic carbocycles. The number of nitrogens with zero attached hydrogens (tertiary/aromatic N) is 2. The van der Waals surface area contributed by atoms with Gasteiger partial charge < -0.3 is 25.0 Å². The van der Waals surface area contributed by atoms with Gasteiger partial charge in [-0.3, -0.25) is 4.99 Å². The van der Waals surface area contributed by atoms with Crippen molar-refractivity contribution in [1.29, 1.82) is 0 Å². The molecule has 0 amide bonds. The molecule has 3 unspecified atom stereocenters. The zero-order chi connectivity index (χ0) is 21.6. The lowest BCUT2D eigenvalue weighted by atomic mass is 9.78. The SMILES string of the molecule is CN=C(NCC1CCN(c2ccccc2OC)C1)NCC1CCCOC1C(C)(C)C.I. The van der Waals surface area contributed by atoms with E-state index in [1.165, 1.54) is 18.5 Å². The molecular weight excluding hydrogens is 503 g/mol. The third-order valence-electron chi connectivity index (χ3n) is 6.32. The highest BCUT2D eigenvalue weighted by Gasteiger charge is 2.35. The molecule has 0 radical (unpaired) electrons. The quantitative estimate of drug-likeness (QED) is 0.320. The average Bonchev–Trinajstić information content (AvgIpc) is 3.22. The van der Waals surface area contributed by atoms with Crippen LogP contribution in [0.25, 0.3) is 0 Å². The lowest BCUT2D eigenvalue weighted by Crippen LogP contribution is -2.48. The molecule has 0 aliphatic carbocycles. The second kappa shape index (κ2) is 12.1.